The van der Waals surface area contributed by atoms with Crippen molar-refractivity contribution >= 4 is 40.1 Å². The highest BCUT2D eigenvalue weighted by Crippen LogP contribution is 2.22. The first-order valence-corrected chi connectivity index (χ1v) is 8.39. The maximum Gasteiger partial charge on any atom is 0.269 e. The van der Waals surface area contributed by atoms with Gasteiger partial charge in [-0.25, -0.2) is 4.98 Å². The lowest BCUT2D eigenvalue weighted by Gasteiger charge is -2.05. The summed E-state index contributed by atoms with van der Waals surface area (Å²) in [5, 5.41) is 18.6. The average Bonchev–Trinajstić information content (AvgIpc) is 2.87. The number of nitrogens with one attached hydrogen (secondary N) is 1. The Morgan fingerprint density at radius 3 is 2.76 bits per heavy atom. The summed E-state index contributed by atoms with van der Waals surface area (Å²) in [5.74, 6) is 0.0213. The summed E-state index contributed by atoms with van der Waals surface area (Å²) in [7, 11) is 1.82. The number of aromatic nitrogens is 3. The third kappa shape index (κ3) is 3.77. The molecule has 0 bridgehead atoms. The van der Waals surface area contributed by atoms with E-state index in [4.69, 9.17) is 0 Å². The summed E-state index contributed by atoms with van der Waals surface area (Å²) >= 11 is 1.31. The van der Waals surface area contributed by atoms with E-state index in [1.807, 2.05) is 20.0 Å². The first-order chi connectivity index (χ1) is 11.9. The van der Waals surface area contributed by atoms with Gasteiger partial charge in [0.15, 0.2) is 5.65 Å². The zero-order chi connectivity index (χ0) is 18.0. The Kier molecular flexibility index (Phi) is 4.66. The van der Waals surface area contributed by atoms with E-state index < -0.39 is 4.92 Å². The third-order valence-corrected chi connectivity index (χ3v) is 4.58. The molecule has 0 aliphatic carbocycles. The number of nitrogens with zero attached hydrogens (tertiary/aromatic N) is 4. The van der Waals surface area contributed by atoms with E-state index in [1.165, 1.54) is 23.9 Å². The minimum atomic E-state index is -0.454. The predicted molar refractivity (Wildman–Crippen MR) is 95.7 cm³/mol. The van der Waals surface area contributed by atoms with Crippen molar-refractivity contribution in [1.29, 1.82) is 0 Å². The lowest BCUT2D eigenvalue weighted by molar-refractivity contribution is -0.384. The van der Waals surface area contributed by atoms with E-state index in [1.54, 1.807) is 23.0 Å². The van der Waals surface area contributed by atoms with Crippen molar-refractivity contribution in [2.45, 2.75) is 11.8 Å². The third-order valence-electron chi connectivity index (χ3n) is 3.56. The highest BCUT2D eigenvalue weighted by molar-refractivity contribution is 8.00. The number of anilines is 1. The normalized spacial score (nSPS) is 10.8. The van der Waals surface area contributed by atoms with E-state index >= 15 is 0 Å². The molecule has 2 aromatic heterocycles. The molecular weight excluding hydrogens is 342 g/mol. The van der Waals surface area contributed by atoms with Crippen molar-refractivity contribution in [3.05, 3.63) is 52.3 Å². The van der Waals surface area contributed by atoms with Gasteiger partial charge in [0, 0.05) is 29.5 Å². The Morgan fingerprint density at radius 1 is 1.36 bits per heavy atom. The van der Waals surface area contributed by atoms with Crippen LogP contribution in [0.1, 0.15) is 5.69 Å². The van der Waals surface area contributed by atoms with Gasteiger partial charge in [0.2, 0.25) is 5.91 Å². The molecule has 2 heterocycles. The van der Waals surface area contributed by atoms with Crippen LogP contribution in [0.3, 0.4) is 0 Å². The number of hydrogen-bond acceptors (Lipinski definition) is 6. The van der Waals surface area contributed by atoms with Crippen LogP contribution in [0, 0.1) is 17.0 Å². The van der Waals surface area contributed by atoms with Gasteiger partial charge in [0.05, 0.1) is 28.3 Å². The van der Waals surface area contributed by atoms with Crippen molar-refractivity contribution in [1.82, 2.24) is 14.8 Å². The number of pyridine rings is 1. The second kappa shape index (κ2) is 6.89. The number of carbonyl (C=O) groups is 1. The average molecular weight is 357 g/mol. The topological polar surface area (TPSA) is 103 Å². The molecule has 1 amide bonds. The summed E-state index contributed by atoms with van der Waals surface area (Å²) in [4.78, 5) is 27.4. The van der Waals surface area contributed by atoms with Gasteiger partial charge in [-0.15, -0.1) is 11.8 Å². The molecule has 25 heavy (non-hydrogen) atoms. The van der Waals surface area contributed by atoms with Gasteiger partial charge in [-0.3, -0.25) is 19.6 Å². The SMILES string of the molecule is Cc1nn(C)c2ncc(NC(=O)CSc3ccc([N+](=O)[O-])cc3)cc12. The second-order valence-corrected chi connectivity index (χ2v) is 6.44. The molecule has 0 saturated heterocycles. The van der Waals surface area contributed by atoms with Crippen LogP contribution in [0.4, 0.5) is 11.4 Å². The first kappa shape index (κ1) is 16.9. The summed E-state index contributed by atoms with van der Waals surface area (Å²) in [6.07, 6.45) is 1.60. The molecule has 3 rings (SSSR count). The van der Waals surface area contributed by atoms with Crippen LogP contribution in [-0.2, 0) is 11.8 Å². The van der Waals surface area contributed by atoms with E-state index in [9.17, 15) is 14.9 Å². The molecule has 0 atom stereocenters. The highest BCUT2D eigenvalue weighted by atomic mass is 32.2. The Morgan fingerprint density at radius 2 is 2.08 bits per heavy atom. The Hall–Kier alpha value is -2.94. The lowest BCUT2D eigenvalue weighted by Crippen LogP contribution is -2.14. The van der Waals surface area contributed by atoms with Crippen molar-refractivity contribution in [3.8, 4) is 0 Å². The Labute approximate surface area is 147 Å². The fourth-order valence-electron chi connectivity index (χ4n) is 2.39. The number of rotatable bonds is 5. The number of amides is 1. The van der Waals surface area contributed by atoms with Crippen LogP contribution in [-0.4, -0.2) is 31.3 Å². The monoisotopic (exact) mass is 357 g/mol. The molecule has 1 N–H and O–H groups in total. The summed E-state index contributed by atoms with van der Waals surface area (Å²) in [6.45, 7) is 1.89. The van der Waals surface area contributed by atoms with Gasteiger partial charge < -0.3 is 5.32 Å². The zero-order valence-electron chi connectivity index (χ0n) is 13.6. The van der Waals surface area contributed by atoms with Gasteiger partial charge in [-0.05, 0) is 25.1 Å². The quantitative estimate of drug-likeness (QED) is 0.428. The smallest absolute Gasteiger partial charge is 0.269 e. The van der Waals surface area contributed by atoms with Crippen LogP contribution in [0.5, 0.6) is 0 Å². The number of aryl methyl sites for hydroxylation is 2. The van der Waals surface area contributed by atoms with Crippen LogP contribution in [0.2, 0.25) is 0 Å². The second-order valence-electron chi connectivity index (χ2n) is 5.39. The molecule has 0 radical (unpaired) electrons. The first-order valence-electron chi connectivity index (χ1n) is 7.40. The van der Waals surface area contributed by atoms with Gasteiger partial charge in [0.1, 0.15) is 0 Å². The van der Waals surface area contributed by atoms with Gasteiger partial charge in [-0.2, -0.15) is 5.10 Å². The molecule has 128 valence electrons. The summed E-state index contributed by atoms with van der Waals surface area (Å²) in [6, 6.07) is 7.94. The molecule has 0 spiro atoms. The number of carbonyl (C=O) groups excluding carboxylic acids is 1. The fraction of sp³-hybridized carbons (Fsp3) is 0.188. The Balaban J connectivity index is 1.62. The maximum atomic E-state index is 12.1. The molecule has 0 fully saturated rings. The van der Waals surface area contributed by atoms with E-state index in [0.717, 1.165) is 21.6 Å². The molecule has 0 aliphatic heterocycles. The van der Waals surface area contributed by atoms with Crippen molar-refractivity contribution in [2.75, 3.05) is 11.1 Å². The van der Waals surface area contributed by atoms with E-state index in [0.29, 0.717) is 5.69 Å². The number of benzene rings is 1. The number of non-ortho nitro benzene ring substituents is 1. The van der Waals surface area contributed by atoms with Crippen molar-refractivity contribution < 1.29 is 9.72 Å². The lowest BCUT2D eigenvalue weighted by atomic mass is 10.2. The van der Waals surface area contributed by atoms with Crippen LogP contribution in [0.15, 0.2) is 41.4 Å². The fourth-order valence-corrected chi connectivity index (χ4v) is 3.08. The number of thioether (sulfide) groups is 1. The zero-order valence-corrected chi connectivity index (χ0v) is 14.4. The minimum absolute atomic E-state index is 0.0278. The van der Waals surface area contributed by atoms with Gasteiger partial charge >= 0.3 is 0 Å². The summed E-state index contributed by atoms with van der Waals surface area (Å²) < 4.78 is 1.70. The van der Waals surface area contributed by atoms with E-state index in [-0.39, 0.29) is 17.3 Å². The Bertz CT molecular complexity index is 952. The van der Waals surface area contributed by atoms with Crippen LogP contribution in [0.25, 0.3) is 11.0 Å². The largest absolute Gasteiger partial charge is 0.324 e. The molecular formula is C16H15N5O3S. The van der Waals surface area contributed by atoms with E-state index in [2.05, 4.69) is 15.4 Å². The molecule has 0 unspecified atom stereocenters. The standard InChI is InChI=1S/C16H15N5O3S/c1-10-14-7-11(8-17-16(14)20(2)19-10)18-15(22)9-25-13-5-3-12(4-6-13)21(23)24/h3-8H,9H2,1-2H3,(H,18,22). The predicted octanol–water partition coefficient (Wildman–Crippen LogP) is 2.92. The molecule has 0 saturated carbocycles. The molecule has 0 aliphatic rings. The van der Waals surface area contributed by atoms with Crippen LogP contribution >= 0.6 is 11.8 Å². The van der Waals surface area contributed by atoms with Crippen molar-refractivity contribution in [3.63, 3.8) is 0 Å². The van der Waals surface area contributed by atoms with Gasteiger partial charge in [0.25, 0.3) is 5.69 Å². The van der Waals surface area contributed by atoms with Crippen LogP contribution < -0.4 is 5.32 Å². The number of nitro groups is 1. The summed E-state index contributed by atoms with van der Waals surface area (Å²) in [5.41, 5.74) is 2.25. The number of hydrogen-bond donors (Lipinski definition) is 1. The number of fused-ring (bicyclic) bond motifs is 1. The maximum absolute atomic E-state index is 12.1. The highest BCUT2D eigenvalue weighted by Gasteiger charge is 2.10. The van der Waals surface area contributed by atoms with Gasteiger partial charge in [-0.1, -0.05) is 0 Å². The number of nitro benzene ring substituents is 1. The molecule has 8 nitrogen and oxygen atoms in total. The molecule has 1 aromatic carbocycles. The minimum Gasteiger partial charge on any atom is -0.324 e. The molecule has 3 aromatic rings. The van der Waals surface area contributed by atoms with Crippen molar-refractivity contribution in [2.24, 2.45) is 7.05 Å². The molecule has 9 heteroatoms.